The van der Waals surface area contributed by atoms with Crippen LogP contribution < -0.4 is 0 Å². The fourth-order valence-corrected chi connectivity index (χ4v) is 1.81. The van der Waals surface area contributed by atoms with Gasteiger partial charge in [0.15, 0.2) is 0 Å². The summed E-state index contributed by atoms with van der Waals surface area (Å²) < 4.78 is 11.1. The van der Waals surface area contributed by atoms with E-state index in [0.717, 1.165) is 12.8 Å². The van der Waals surface area contributed by atoms with E-state index in [-0.39, 0.29) is 23.7 Å². The number of rotatable bonds is 8. The molecule has 1 unspecified atom stereocenters. The summed E-state index contributed by atoms with van der Waals surface area (Å²) in [6.45, 7) is 10.9. The van der Waals surface area contributed by atoms with Crippen LogP contribution in [0.5, 0.6) is 0 Å². The Morgan fingerprint density at radius 3 is 2.12 bits per heavy atom. The van der Waals surface area contributed by atoms with E-state index in [9.17, 15) is 5.11 Å². The molecule has 16 heavy (non-hydrogen) atoms. The summed E-state index contributed by atoms with van der Waals surface area (Å²) in [5, 5.41) is 9.61. The van der Waals surface area contributed by atoms with Crippen molar-refractivity contribution in [3.63, 3.8) is 0 Å². The maximum atomic E-state index is 9.61. The van der Waals surface area contributed by atoms with Crippen molar-refractivity contribution in [3.8, 4) is 0 Å². The Morgan fingerprint density at radius 1 is 1.25 bits per heavy atom. The Hall–Kier alpha value is -0.120. The Bertz CT molecular complexity index is 184. The van der Waals surface area contributed by atoms with E-state index in [4.69, 9.17) is 9.47 Å². The van der Waals surface area contributed by atoms with Gasteiger partial charge in [0.2, 0.25) is 0 Å². The third-order valence-electron chi connectivity index (χ3n) is 3.16. The first kappa shape index (κ1) is 15.9. The summed E-state index contributed by atoms with van der Waals surface area (Å²) in [7, 11) is 1.71. The number of hydrogen-bond acceptors (Lipinski definition) is 3. The molecule has 0 amide bonds. The molecule has 0 bridgehead atoms. The van der Waals surface area contributed by atoms with Crippen LogP contribution in [-0.4, -0.2) is 37.1 Å². The van der Waals surface area contributed by atoms with Gasteiger partial charge in [-0.2, -0.15) is 0 Å². The molecular weight excluding hydrogens is 204 g/mol. The monoisotopic (exact) mass is 232 g/mol. The molecule has 0 aromatic carbocycles. The minimum atomic E-state index is -0.223. The van der Waals surface area contributed by atoms with Crippen molar-refractivity contribution in [1.29, 1.82) is 0 Å². The molecule has 0 saturated carbocycles. The Labute approximate surface area is 100 Å². The van der Waals surface area contributed by atoms with Gasteiger partial charge in [0, 0.05) is 12.5 Å². The van der Waals surface area contributed by atoms with Crippen molar-refractivity contribution in [2.24, 2.45) is 5.41 Å². The standard InChI is InChI=1S/C13H28O3/c1-7-13(9-14,10-16-11(2)3)8-12(4,5)15-6/h11,14H,7-10H2,1-6H3. The van der Waals surface area contributed by atoms with Gasteiger partial charge in [-0.1, -0.05) is 6.92 Å². The number of methoxy groups -OCH3 is 1. The molecule has 0 aliphatic rings. The molecule has 0 spiro atoms. The average molecular weight is 232 g/mol. The zero-order valence-corrected chi connectivity index (χ0v) is 11.7. The van der Waals surface area contributed by atoms with Gasteiger partial charge in [0.05, 0.1) is 24.9 Å². The SMILES string of the molecule is CCC(CO)(COC(C)C)CC(C)(C)OC. The van der Waals surface area contributed by atoms with Crippen molar-refractivity contribution in [1.82, 2.24) is 0 Å². The van der Waals surface area contributed by atoms with Crippen molar-refractivity contribution in [3.05, 3.63) is 0 Å². The van der Waals surface area contributed by atoms with Gasteiger partial charge in [-0.25, -0.2) is 0 Å². The van der Waals surface area contributed by atoms with Crippen LogP contribution in [0, 0.1) is 5.41 Å². The lowest BCUT2D eigenvalue weighted by Gasteiger charge is -2.38. The lowest BCUT2D eigenvalue weighted by Crippen LogP contribution is -2.40. The Morgan fingerprint density at radius 2 is 1.81 bits per heavy atom. The summed E-state index contributed by atoms with van der Waals surface area (Å²) in [4.78, 5) is 0. The number of aliphatic hydroxyl groups excluding tert-OH is 1. The molecule has 0 radical (unpaired) electrons. The van der Waals surface area contributed by atoms with Gasteiger partial charge in [-0.15, -0.1) is 0 Å². The summed E-state index contributed by atoms with van der Waals surface area (Å²) in [5.74, 6) is 0. The van der Waals surface area contributed by atoms with Crippen LogP contribution in [0.15, 0.2) is 0 Å². The highest BCUT2D eigenvalue weighted by molar-refractivity contribution is 4.85. The van der Waals surface area contributed by atoms with Crippen LogP contribution in [0.2, 0.25) is 0 Å². The van der Waals surface area contributed by atoms with Crippen molar-refractivity contribution in [2.45, 2.75) is 59.2 Å². The molecule has 0 heterocycles. The maximum absolute atomic E-state index is 9.61. The van der Waals surface area contributed by atoms with E-state index in [2.05, 4.69) is 6.92 Å². The summed E-state index contributed by atoms with van der Waals surface area (Å²) in [6, 6.07) is 0. The molecule has 0 aliphatic heterocycles. The molecule has 0 aromatic rings. The van der Waals surface area contributed by atoms with Crippen molar-refractivity contribution in [2.75, 3.05) is 20.3 Å². The van der Waals surface area contributed by atoms with Crippen LogP contribution in [0.1, 0.15) is 47.5 Å². The Balaban J connectivity index is 4.55. The minimum absolute atomic E-state index is 0.142. The topological polar surface area (TPSA) is 38.7 Å². The lowest BCUT2D eigenvalue weighted by atomic mass is 9.77. The number of hydrogen-bond donors (Lipinski definition) is 1. The highest BCUT2D eigenvalue weighted by Crippen LogP contribution is 2.34. The normalized spacial score (nSPS) is 16.5. The third-order valence-corrected chi connectivity index (χ3v) is 3.16. The maximum Gasteiger partial charge on any atom is 0.0629 e. The van der Waals surface area contributed by atoms with E-state index >= 15 is 0 Å². The molecule has 0 aromatic heterocycles. The second-order valence-electron chi connectivity index (χ2n) is 5.51. The largest absolute Gasteiger partial charge is 0.396 e. The van der Waals surface area contributed by atoms with Crippen LogP contribution in [-0.2, 0) is 9.47 Å². The molecule has 98 valence electrons. The first-order valence-electron chi connectivity index (χ1n) is 6.08. The van der Waals surface area contributed by atoms with Gasteiger partial charge < -0.3 is 14.6 Å². The first-order valence-corrected chi connectivity index (χ1v) is 6.08. The van der Waals surface area contributed by atoms with Gasteiger partial charge in [-0.3, -0.25) is 0 Å². The van der Waals surface area contributed by atoms with Gasteiger partial charge in [-0.05, 0) is 40.5 Å². The van der Waals surface area contributed by atoms with E-state index in [1.165, 1.54) is 0 Å². The van der Waals surface area contributed by atoms with Gasteiger partial charge in [0.25, 0.3) is 0 Å². The molecule has 3 nitrogen and oxygen atoms in total. The molecule has 0 saturated heterocycles. The quantitative estimate of drug-likeness (QED) is 0.699. The lowest BCUT2D eigenvalue weighted by molar-refractivity contribution is -0.0801. The average Bonchev–Trinajstić information content (AvgIpc) is 2.24. The zero-order valence-electron chi connectivity index (χ0n) is 11.7. The van der Waals surface area contributed by atoms with Crippen LogP contribution in [0.3, 0.4) is 0 Å². The van der Waals surface area contributed by atoms with Crippen LogP contribution in [0.25, 0.3) is 0 Å². The molecule has 0 aliphatic carbocycles. The fourth-order valence-electron chi connectivity index (χ4n) is 1.81. The number of aliphatic hydroxyl groups is 1. The first-order chi connectivity index (χ1) is 7.31. The van der Waals surface area contributed by atoms with Crippen LogP contribution in [0.4, 0.5) is 0 Å². The van der Waals surface area contributed by atoms with Gasteiger partial charge >= 0.3 is 0 Å². The Kier molecular flexibility index (Phi) is 6.53. The molecule has 3 heteroatoms. The summed E-state index contributed by atoms with van der Waals surface area (Å²) in [5.41, 5.74) is -0.414. The smallest absolute Gasteiger partial charge is 0.0629 e. The molecular formula is C13H28O3. The van der Waals surface area contributed by atoms with Gasteiger partial charge in [0.1, 0.15) is 0 Å². The van der Waals surface area contributed by atoms with E-state index < -0.39 is 0 Å². The minimum Gasteiger partial charge on any atom is -0.396 e. The predicted molar refractivity (Wildman–Crippen MR) is 66.6 cm³/mol. The predicted octanol–water partition coefficient (Wildman–Crippen LogP) is 2.62. The third kappa shape index (κ3) is 5.28. The fraction of sp³-hybridized carbons (Fsp3) is 1.00. The highest BCUT2D eigenvalue weighted by atomic mass is 16.5. The second kappa shape index (κ2) is 6.58. The van der Waals surface area contributed by atoms with E-state index in [0.29, 0.717) is 6.61 Å². The molecule has 0 fully saturated rings. The van der Waals surface area contributed by atoms with E-state index in [1.54, 1.807) is 7.11 Å². The molecule has 0 rings (SSSR count). The number of ether oxygens (including phenoxy) is 2. The summed E-state index contributed by atoms with van der Waals surface area (Å²) >= 11 is 0. The van der Waals surface area contributed by atoms with E-state index in [1.807, 2.05) is 27.7 Å². The molecule has 1 atom stereocenters. The van der Waals surface area contributed by atoms with Crippen molar-refractivity contribution < 1.29 is 14.6 Å². The van der Waals surface area contributed by atoms with Crippen molar-refractivity contribution >= 4 is 0 Å². The molecule has 1 N–H and O–H groups in total. The highest BCUT2D eigenvalue weighted by Gasteiger charge is 2.35. The second-order valence-corrected chi connectivity index (χ2v) is 5.51. The van der Waals surface area contributed by atoms with Crippen LogP contribution >= 0.6 is 0 Å². The summed E-state index contributed by atoms with van der Waals surface area (Å²) in [6.07, 6.45) is 1.89. The zero-order chi connectivity index (χ0) is 12.8.